The van der Waals surface area contributed by atoms with E-state index < -0.39 is 22.3 Å². The Morgan fingerprint density at radius 1 is 1.45 bits per heavy atom. The van der Waals surface area contributed by atoms with Crippen molar-refractivity contribution >= 4 is 17.3 Å². The molecule has 0 aromatic heterocycles. The third-order valence-electron chi connectivity index (χ3n) is 2.79. The number of nitrogens with one attached hydrogen (secondary N) is 1. The van der Waals surface area contributed by atoms with E-state index in [0.717, 1.165) is 12.5 Å². The molecular weight excluding hydrogens is 265 g/mol. The Morgan fingerprint density at radius 2 is 2.10 bits per heavy atom. The number of nitrogens with zero attached hydrogens (tertiary/aromatic N) is 2. The van der Waals surface area contributed by atoms with Gasteiger partial charge in [-0.15, -0.1) is 0 Å². The van der Waals surface area contributed by atoms with E-state index in [9.17, 15) is 19.3 Å². The minimum atomic E-state index is -0.744. The van der Waals surface area contributed by atoms with E-state index in [-0.39, 0.29) is 11.3 Å². The summed E-state index contributed by atoms with van der Waals surface area (Å²) in [7, 11) is 1.56. The predicted molar refractivity (Wildman–Crippen MR) is 74.5 cm³/mol. The van der Waals surface area contributed by atoms with E-state index in [1.807, 2.05) is 6.92 Å². The van der Waals surface area contributed by atoms with Crippen LogP contribution >= 0.6 is 0 Å². The van der Waals surface area contributed by atoms with Crippen LogP contribution in [0.1, 0.15) is 30.6 Å². The molecule has 0 heterocycles. The van der Waals surface area contributed by atoms with Crippen LogP contribution in [0.3, 0.4) is 0 Å². The van der Waals surface area contributed by atoms with Crippen molar-refractivity contribution in [1.29, 1.82) is 0 Å². The molecule has 0 atom stereocenters. The van der Waals surface area contributed by atoms with Crippen molar-refractivity contribution in [3.63, 3.8) is 0 Å². The van der Waals surface area contributed by atoms with Gasteiger partial charge in [0.25, 0.3) is 11.6 Å². The van der Waals surface area contributed by atoms with Crippen molar-refractivity contribution in [2.75, 3.05) is 25.5 Å². The minimum absolute atomic E-state index is 0.0892. The Labute approximate surface area is 116 Å². The Kier molecular flexibility index (Phi) is 5.42. The molecule has 0 aliphatic carbocycles. The Morgan fingerprint density at radius 3 is 2.60 bits per heavy atom. The van der Waals surface area contributed by atoms with Gasteiger partial charge in [-0.05, 0) is 19.4 Å². The summed E-state index contributed by atoms with van der Waals surface area (Å²) in [6.45, 7) is 4.59. The highest BCUT2D eigenvalue weighted by atomic mass is 19.1. The highest BCUT2D eigenvalue weighted by Crippen LogP contribution is 2.27. The molecule has 20 heavy (non-hydrogen) atoms. The minimum Gasteiger partial charge on any atom is -0.383 e. The third kappa shape index (κ3) is 3.43. The molecule has 0 unspecified atom stereocenters. The molecule has 0 radical (unpaired) electrons. The average Bonchev–Trinajstić information content (AvgIpc) is 2.40. The average molecular weight is 283 g/mol. The van der Waals surface area contributed by atoms with Gasteiger partial charge in [0.1, 0.15) is 5.56 Å². The second-order valence-electron chi connectivity index (χ2n) is 4.36. The lowest BCUT2D eigenvalue weighted by molar-refractivity contribution is -0.385. The summed E-state index contributed by atoms with van der Waals surface area (Å²) in [5, 5.41) is 13.7. The largest absolute Gasteiger partial charge is 0.383 e. The molecule has 1 N–H and O–H groups in total. The summed E-state index contributed by atoms with van der Waals surface area (Å²) in [4.78, 5) is 23.8. The van der Waals surface area contributed by atoms with Crippen LogP contribution in [0.5, 0.6) is 0 Å². The zero-order valence-corrected chi connectivity index (χ0v) is 11.8. The van der Waals surface area contributed by atoms with E-state index in [0.29, 0.717) is 13.1 Å². The zero-order chi connectivity index (χ0) is 15.3. The summed E-state index contributed by atoms with van der Waals surface area (Å²) in [5.41, 5.74) is -0.535. The maximum Gasteiger partial charge on any atom is 0.285 e. The van der Waals surface area contributed by atoms with Crippen molar-refractivity contribution in [2.45, 2.75) is 20.3 Å². The van der Waals surface area contributed by atoms with Crippen molar-refractivity contribution in [2.24, 2.45) is 0 Å². The van der Waals surface area contributed by atoms with Gasteiger partial charge in [-0.3, -0.25) is 14.9 Å². The number of nitro benzene ring substituents is 1. The number of hydrogen-bond acceptors (Lipinski definition) is 4. The Balaban J connectivity index is 3.30. The number of carbonyl (C=O) groups excluding carboxylic acids is 1. The molecule has 1 rings (SSSR count). The lowest BCUT2D eigenvalue weighted by Crippen LogP contribution is -2.28. The maximum atomic E-state index is 13.7. The van der Waals surface area contributed by atoms with E-state index in [1.165, 1.54) is 11.0 Å². The lowest BCUT2D eigenvalue weighted by atomic mass is 10.1. The van der Waals surface area contributed by atoms with Crippen LogP contribution in [-0.4, -0.2) is 35.9 Å². The number of halogens is 1. The molecular formula is C13H18FN3O3. The molecule has 0 fully saturated rings. The summed E-state index contributed by atoms with van der Waals surface area (Å²) in [6, 6.07) is 1.98. The van der Waals surface area contributed by atoms with E-state index >= 15 is 0 Å². The van der Waals surface area contributed by atoms with Gasteiger partial charge in [-0.25, -0.2) is 4.39 Å². The first-order valence-electron chi connectivity index (χ1n) is 6.39. The van der Waals surface area contributed by atoms with Crippen molar-refractivity contribution < 1.29 is 14.1 Å². The maximum absolute atomic E-state index is 13.7. The summed E-state index contributed by atoms with van der Waals surface area (Å²) in [5.74, 6) is -1.23. The van der Waals surface area contributed by atoms with Gasteiger partial charge in [0.15, 0.2) is 5.82 Å². The number of anilines is 1. The normalized spacial score (nSPS) is 10.2. The first-order valence-corrected chi connectivity index (χ1v) is 6.39. The van der Waals surface area contributed by atoms with E-state index in [1.54, 1.807) is 14.0 Å². The van der Waals surface area contributed by atoms with Gasteiger partial charge in [0, 0.05) is 20.1 Å². The molecule has 6 nitrogen and oxygen atoms in total. The SMILES string of the molecule is CCCN(C)C(=O)c1cc(NCC)c(F)cc1[N+](=O)[O-]. The second-order valence-corrected chi connectivity index (χ2v) is 4.36. The van der Waals surface area contributed by atoms with Gasteiger partial charge in [0.2, 0.25) is 0 Å². The highest BCUT2D eigenvalue weighted by Gasteiger charge is 2.25. The van der Waals surface area contributed by atoms with Crippen LogP contribution in [0.4, 0.5) is 15.8 Å². The first-order chi connectivity index (χ1) is 9.42. The quantitative estimate of drug-likeness (QED) is 0.643. The third-order valence-corrected chi connectivity index (χ3v) is 2.79. The molecule has 1 aromatic rings. The van der Waals surface area contributed by atoms with Crippen LogP contribution in [0.25, 0.3) is 0 Å². The predicted octanol–water partition coefficient (Wildman–Crippen LogP) is 2.65. The van der Waals surface area contributed by atoms with Crippen LogP contribution in [0.2, 0.25) is 0 Å². The smallest absolute Gasteiger partial charge is 0.285 e. The van der Waals surface area contributed by atoms with Crippen molar-refractivity contribution in [3.8, 4) is 0 Å². The fourth-order valence-corrected chi connectivity index (χ4v) is 1.85. The van der Waals surface area contributed by atoms with Gasteiger partial charge < -0.3 is 10.2 Å². The Bertz CT molecular complexity index is 520. The number of carbonyl (C=O) groups is 1. The molecule has 0 bridgehead atoms. The fraction of sp³-hybridized carbons (Fsp3) is 0.462. The standard InChI is InChI=1S/C13H18FN3O3/c1-4-6-16(3)13(18)9-7-11(15-5-2)10(14)8-12(9)17(19)20/h7-8,15H,4-6H2,1-3H3. The van der Waals surface area contributed by atoms with Crippen LogP contribution in [-0.2, 0) is 0 Å². The summed E-state index contributed by atoms with van der Waals surface area (Å²) >= 11 is 0. The molecule has 7 heteroatoms. The molecule has 110 valence electrons. The lowest BCUT2D eigenvalue weighted by Gasteiger charge is -2.17. The number of benzene rings is 1. The monoisotopic (exact) mass is 283 g/mol. The van der Waals surface area contributed by atoms with Gasteiger partial charge in [-0.1, -0.05) is 6.92 Å². The van der Waals surface area contributed by atoms with Crippen molar-refractivity contribution in [3.05, 3.63) is 33.6 Å². The van der Waals surface area contributed by atoms with E-state index in [2.05, 4.69) is 5.32 Å². The number of nitro groups is 1. The molecule has 0 aliphatic rings. The number of amides is 1. The Hall–Kier alpha value is -2.18. The van der Waals surface area contributed by atoms with Gasteiger partial charge in [0.05, 0.1) is 16.7 Å². The highest BCUT2D eigenvalue weighted by molar-refractivity contribution is 5.99. The number of rotatable bonds is 6. The molecule has 0 aliphatic heterocycles. The molecule has 1 aromatic carbocycles. The topological polar surface area (TPSA) is 75.5 Å². The van der Waals surface area contributed by atoms with Gasteiger partial charge in [-0.2, -0.15) is 0 Å². The molecule has 0 saturated heterocycles. The van der Waals surface area contributed by atoms with Crippen LogP contribution in [0, 0.1) is 15.9 Å². The second kappa shape index (κ2) is 6.83. The van der Waals surface area contributed by atoms with E-state index in [4.69, 9.17) is 0 Å². The molecule has 1 amide bonds. The first kappa shape index (κ1) is 15.9. The summed E-state index contributed by atoms with van der Waals surface area (Å²) < 4.78 is 13.7. The van der Waals surface area contributed by atoms with Crippen LogP contribution < -0.4 is 5.32 Å². The molecule has 0 saturated carbocycles. The fourth-order valence-electron chi connectivity index (χ4n) is 1.85. The molecule has 0 spiro atoms. The van der Waals surface area contributed by atoms with Gasteiger partial charge >= 0.3 is 0 Å². The number of hydrogen-bond donors (Lipinski definition) is 1. The van der Waals surface area contributed by atoms with Crippen molar-refractivity contribution in [1.82, 2.24) is 4.90 Å². The zero-order valence-electron chi connectivity index (χ0n) is 11.8. The summed E-state index contributed by atoms with van der Waals surface area (Å²) in [6.07, 6.45) is 0.733. The van der Waals surface area contributed by atoms with Crippen LogP contribution in [0.15, 0.2) is 12.1 Å².